The molecule has 110 valence electrons. The number of halogens is 3. The molecule has 3 rings (SSSR count). The number of benzene rings is 1. The van der Waals surface area contributed by atoms with Crippen molar-refractivity contribution >= 4 is 28.9 Å². The molecule has 1 saturated carbocycles. The number of anilines is 1. The number of rotatable bonds is 2. The van der Waals surface area contributed by atoms with Gasteiger partial charge >= 0.3 is 0 Å². The molecule has 1 N–H and O–H groups in total. The molecular weight excluding hydrogens is 300 g/mol. The molecule has 0 radical (unpaired) electrons. The fraction of sp³-hybridized carbons (Fsp3) is 0.600. The van der Waals surface area contributed by atoms with Gasteiger partial charge in [-0.05, 0) is 25.0 Å². The number of fused-ring (bicyclic) bond motifs is 1. The molecule has 2 aliphatic rings. The molecular formula is C15H18Cl2FNO. The van der Waals surface area contributed by atoms with E-state index >= 15 is 0 Å². The quantitative estimate of drug-likeness (QED) is 0.850. The molecule has 3 atom stereocenters. The van der Waals surface area contributed by atoms with Crippen molar-refractivity contribution in [2.75, 3.05) is 11.9 Å². The Morgan fingerprint density at radius 2 is 1.95 bits per heavy atom. The van der Waals surface area contributed by atoms with Gasteiger partial charge in [0.15, 0.2) is 0 Å². The highest BCUT2D eigenvalue weighted by Gasteiger charge is 2.58. The molecule has 0 bridgehead atoms. The Bertz CT molecular complexity index is 512. The number of nitrogens with one attached hydrogen (secondary N) is 1. The summed E-state index contributed by atoms with van der Waals surface area (Å²) in [5.74, 6) is 0.0493. The van der Waals surface area contributed by atoms with Crippen LogP contribution < -0.4 is 5.32 Å². The average molecular weight is 318 g/mol. The maximum Gasteiger partial charge on any atom is 0.126 e. The topological polar surface area (TPSA) is 21.3 Å². The van der Waals surface area contributed by atoms with Crippen LogP contribution in [0.5, 0.6) is 0 Å². The largest absolute Gasteiger partial charge is 0.379 e. The van der Waals surface area contributed by atoms with E-state index in [1.165, 1.54) is 12.1 Å². The predicted molar refractivity (Wildman–Crippen MR) is 80.1 cm³/mol. The molecule has 3 unspecified atom stereocenters. The van der Waals surface area contributed by atoms with E-state index < -0.39 is 5.82 Å². The molecule has 2 fully saturated rings. The maximum absolute atomic E-state index is 13.2. The Labute approximate surface area is 128 Å². The summed E-state index contributed by atoms with van der Waals surface area (Å²) >= 11 is 12.2. The Kier molecular flexibility index (Phi) is 3.64. The van der Waals surface area contributed by atoms with E-state index in [9.17, 15) is 4.39 Å². The predicted octanol–water partition coefficient (Wildman–Crippen LogP) is 4.75. The summed E-state index contributed by atoms with van der Waals surface area (Å²) in [6, 6.07) is 2.82. The van der Waals surface area contributed by atoms with Gasteiger partial charge in [-0.1, -0.05) is 37.0 Å². The molecule has 0 spiro atoms. The van der Waals surface area contributed by atoms with Gasteiger partial charge in [0, 0.05) is 24.0 Å². The highest BCUT2D eigenvalue weighted by molar-refractivity contribution is 6.39. The summed E-state index contributed by atoms with van der Waals surface area (Å²) in [7, 11) is 0. The third-order valence-electron chi connectivity index (χ3n) is 4.64. The summed E-state index contributed by atoms with van der Waals surface area (Å²) < 4.78 is 19.1. The van der Waals surface area contributed by atoms with Gasteiger partial charge in [-0.15, -0.1) is 0 Å². The zero-order chi connectivity index (χ0) is 14.5. The fourth-order valence-electron chi connectivity index (χ4n) is 3.65. The summed E-state index contributed by atoms with van der Waals surface area (Å²) in [6.07, 6.45) is 2.51. The van der Waals surface area contributed by atoms with Crippen LogP contribution in [0.1, 0.15) is 26.7 Å². The van der Waals surface area contributed by atoms with E-state index in [2.05, 4.69) is 19.2 Å². The van der Waals surface area contributed by atoms with Crippen molar-refractivity contribution in [2.24, 2.45) is 11.3 Å². The van der Waals surface area contributed by atoms with Crippen molar-refractivity contribution in [3.05, 3.63) is 28.0 Å². The van der Waals surface area contributed by atoms with Crippen LogP contribution in [0, 0.1) is 17.2 Å². The van der Waals surface area contributed by atoms with Gasteiger partial charge in [0.25, 0.3) is 0 Å². The van der Waals surface area contributed by atoms with Crippen LogP contribution in [0.25, 0.3) is 0 Å². The van der Waals surface area contributed by atoms with Crippen molar-refractivity contribution < 1.29 is 9.13 Å². The highest BCUT2D eigenvalue weighted by atomic mass is 35.5. The third-order valence-corrected chi connectivity index (χ3v) is 5.23. The molecule has 1 aromatic carbocycles. The Morgan fingerprint density at radius 3 is 2.60 bits per heavy atom. The fourth-order valence-corrected chi connectivity index (χ4v) is 4.22. The van der Waals surface area contributed by atoms with Crippen LogP contribution in [0.2, 0.25) is 10.0 Å². The van der Waals surface area contributed by atoms with Crippen LogP contribution in [0.15, 0.2) is 12.1 Å². The monoisotopic (exact) mass is 317 g/mol. The maximum atomic E-state index is 13.2. The first kappa shape index (κ1) is 14.4. The molecule has 1 heterocycles. The minimum absolute atomic E-state index is 0.0200. The van der Waals surface area contributed by atoms with Crippen molar-refractivity contribution in [1.82, 2.24) is 0 Å². The van der Waals surface area contributed by atoms with Gasteiger partial charge < -0.3 is 10.1 Å². The van der Waals surface area contributed by atoms with E-state index in [1.807, 2.05) is 0 Å². The zero-order valence-electron chi connectivity index (χ0n) is 11.6. The lowest BCUT2D eigenvalue weighted by atomic mass is 9.55. The molecule has 1 aliphatic carbocycles. The summed E-state index contributed by atoms with van der Waals surface area (Å²) in [5, 5.41) is 4.07. The van der Waals surface area contributed by atoms with Crippen LogP contribution in [0.4, 0.5) is 10.1 Å². The smallest absolute Gasteiger partial charge is 0.126 e. The van der Waals surface area contributed by atoms with Gasteiger partial charge in [0.1, 0.15) is 5.82 Å². The van der Waals surface area contributed by atoms with Gasteiger partial charge in [-0.2, -0.15) is 0 Å². The molecule has 5 heteroatoms. The average Bonchev–Trinajstić information content (AvgIpc) is 2.37. The van der Waals surface area contributed by atoms with Gasteiger partial charge in [-0.25, -0.2) is 4.39 Å². The van der Waals surface area contributed by atoms with Crippen LogP contribution in [0.3, 0.4) is 0 Å². The lowest BCUT2D eigenvalue weighted by molar-refractivity contribution is -0.177. The van der Waals surface area contributed by atoms with E-state index in [0.717, 1.165) is 19.4 Å². The second-order valence-electron chi connectivity index (χ2n) is 6.29. The van der Waals surface area contributed by atoms with Gasteiger partial charge in [0.2, 0.25) is 0 Å². The first-order valence-electron chi connectivity index (χ1n) is 6.94. The molecule has 0 amide bonds. The van der Waals surface area contributed by atoms with Gasteiger partial charge in [0.05, 0.1) is 21.8 Å². The molecule has 2 nitrogen and oxygen atoms in total. The lowest BCUT2D eigenvalue weighted by Gasteiger charge is -2.60. The van der Waals surface area contributed by atoms with E-state index in [4.69, 9.17) is 27.9 Å². The second kappa shape index (κ2) is 5.04. The van der Waals surface area contributed by atoms with Crippen LogP contribution >= 0.6 is 23.2 Å². The minimum atomic E-state index is -0.419. The van der Waals surface area contributed by atoms with E-state index in [1.54, 1.807) is 0 Å². The second-order valence-corrected chi connectivity index (χ2v) is 7.10. The molecule has 1 aromatic rings. The number of hydrogen-bond donors (Lipinski definition) is 1. The van der Waals surface area contributed by atoms with Crippen molar-refractivity contribution in [2.45, 2.75) is 38.8 Å². The van der Waals surface area contributed by atoms with Crippen LogP contribution in [-0.4, -0.2) is 18.8 Å². The summed E-state index contributed by atoms with van der Waals surface area (Å²) in [6.45, 7) is 5.21. The first-order chi connectivity index (χ1) is 9.41. The SMILES string of the molecule is CC1(C)C(Nc2c(Cl)cc(F)cc2Cl)C2CCCOC21. The highest BCUT2D eigenvalue weighted by Crippen LogP contribution is 2.53. The Hall–Kier alpha value is -0.510. The van der Waals surface area contributed by atoms with Crippen molar-refractivity contribution in [3.8, 4) is 0 Å². The molecule has 1 aliphatic heterocycles. The minimum Gasteiger partial charge on any atom is -0.379 e. The molecule has 1 saturated heterocycles. The first-order valence-corrected chi connectivity index (χ1v) is 7.69. The Morgan fingerprint density at radius 1 is 1.30 bits per heavy atom. The molecule has 20 heavy (non-hydrogen) atoms. The lowest BCUT2D eigenvalue weighted by Crippen LogP contribution is -2.67. The third kappa shape index (κ3) is 2.20. The van der Waals surface area contributed by atoms with Gasteiger partial charge in [-0.3, -0.25) is 0 Å². The van der Waals surface area contributed by atoms with Crippen LogP contribution in [-0.2, 0) is 4.74 Å². The normalized spacial score (nSPS) is 31.4. The Balaban J connectivity index is 1.85. The van der Waals surface area contributed by atoms with Crippen molar-refractivity contribution in [1.29, 1.82) is 0 Å². The number of ether oxygens (including phenoxy) is 1. The molecule has 0 aromatic heterocycles. The number of hydrogen-bond acceptors (Lipinski definition) is 2. The zero-order valence-corrected chi connectivity index (χ0v) is 13.1. The summed E-state index contributed by atoms with van der Waals surface area (Å²) in [4.78, 5) is 0. The van der Waals surface area contributed by atoms with E-state index in [-0.39, 0.29) is 17.6 Å². The summed E-state index contributed by atoms with van der Waals surface area (Å²) in [5.41, 5.74) is 0.642. The van der Waals surface area contributed by atoms with E-state index in [0.29, 0.717) is 21.7 Å². The van der Waals surface area contributed by atoms with Crippen molar-refractivity contribution in [3.63, 3.8) is 0 Å². The standard InChI is InChI=1S/C15H18Cl2FNO/c1-15(2)13(9-4-3-5-20-14(9)15)19-12-10(16)6-8(18)7-11(12)17/h6-7,9,13-14,19H,3-5H2,1-2H3.